The molecule has 1 unspecified atom stereocenters. The monoisotopic (exact) mass is 293 g/mol. The van der Waals surface area contributed by atoms with Crippen LogP contribution in [0, 0.1) is 0 Å². The van der Waals surface area contributed by atoms with Crippen LogP contribution in [-0.2, 0) is 20.8 Å². The molecule has 21 heavy (non-hydrogen) atoms. The zero-order valence-corrected chi connectivity index (χ0v) is 12.5. The third-order valence-electron chi connectivity index (χ3n) is 3.43. The predicted octanol–water partition coefficient (Wildman–Crippen LogP) is 1.90. The number of ether oxygens (including phenoxy) is 3. The Morgan fingerprint density at radius 2 is 2.38 bits per heavy atom. The number of rotatable bonds is 8. The third kappa shape index (κ3) is 5.73. The summed E-state index contributed by atoms with van der Waals surface area (Å²) in [7, 11) is 1.63. The molecule has 1 N–H and O–H groups in total. The van der Waals surface area contributed by atoms with Crippen molar-refractivity contribution in [2.75, 3.05) is 26.9 Å². The zero-order chi connectivity index (χ0) is 14.9. The van der Waals surface area contributed by atoms with Gasteiger partial charge in [-0.15, -0.1) is 0 Å². The van der Waals surface area contributed by atoms with Crippen LogP contribution in [0.5, 0.6) is 5.75 Å². The number of carbonyl (C=O) groups excluding carboxylic acids is 1. The summed E-state index contributed by atoms with van der Waals surface area (Å²) >= 11 is 0. The number of benzene rings is 1. The molecular formula is C16H23NO4. The van der Waals surface area contributed by atoms with Crippen molar-refractivity contribution >= 4 is 5.91 Å². The van der Waals surface area contributed by atoms with Gasteiger partial charge in [-0.25, -0.2) is 0 Å². The maximum atomic E-state index is 11.7. The number of methoxy groups -OCH3 is 1. The van der Waals surface area contributed by atoms with E-state index in [1.807, 2.05) is 24.3 Å². The molecule has 1 amide bonds. The van der Waals surface area contributed by atoms with Crippen molar-refractivity contribution in [2.45, 2.75) is 31.9 Å². The van der Waals surface area contributed by atoms with E-state index in [-0.39, 0.29) is 12.0 Å². The molecular weight excluding hydrogens is 270 g/mol. The van der Waals surface area contributed by atoms with Crippen LogP contribution < -0.4 is 10.1 Å². The summed E-state index contributed by atoms with van der Waals surface area (Å²) in [5.74, 6) is 0.784. The Bertz CT molecular complexity index is 444. The molecule has 5 heteroatoms. The highest BCUT2D eigenvalue weighted by atomic mass is 16.5. The summed E-state index contributed by atoms with van der Waals surface area (Å²) in [6, 6.07) is 7.65. The average molecular weight is 293 g/mol. The quantitative estimate of drug-likeness (QED) is 0.744. The van der Waals surface area contributed by atoms with Crippen molar-refractivity contribution in [2.24, 2.45) is 0 Å². The van der Waals surface area contributed by atoms with Crippen molar-refractivity contribution in [1.29, 1.82) is 0 Å². The Morgan fingerprint density at radius 3 is 3.14 bits per heavy atom. The SMILES string of the molecule is COc1cccc(CNC(=O)CCOCC2CCCO2)c1. The number of amides is 1. The van der Waals surface area contributed by atoms with Crippen LogP contribution in [0.25, 0.3) is 0 Å². The summed E-state index contributed by atoms with van der Waals surface area (Å²) in [5, 5.41) is 2.87. The highest BCUT2D eigenvalue weighted by Gasteiger charge is 2.15. The molecule has 1 saturated heterocycles. The molecule has 1 heterocycles. The van der Waals surface area contributed by atoms with Gasteiger partial charge in [-0.3, -0.25) is 4.79 Å². The molecule has 1 atom stereocenters. The third-order valence-corrected chi connectivity index (χ3v) is 3.43. The van der Waals surface area contributed by atoms with Gasteiger partial charge in [-0.05, 0) is 30.5 Å². The van der Waals surface area contributed by atoms with Gasteiger partial charge in [-0.1, -0.05) is 12.1 Å². The fraction of sp³-hybridized carbons (Fsp3) is 0.562. The lowest BCUT2D eigenvalue weighted by Gasteiger charge is -2.10. The minimum Gasteiger partial charge on any atom is -0.497 e. The van der Waals surface area contributed by atoms with Crippen molar-refractivity contribution in [1.82, 2.24) is 5.32 Å². The van der Waals surface area contributed by atoms with E-state index >= 15 is 0 Å². The van der Waals surface area contributed by atoms with Gasteiger partial charge in [0.05, 0.1) is 26.4 Å². The van der Waals surface area contributed by atoms with E-state index < -0.39 is 0 Å². The Hall–Kier alpha value is -1.59. The van der Waals surface area contributed by atoms with Crippen molar-refractivity contribution < 1.29 is 19.0 Å². The van der Waals surface area contributed by atoms with Crippen LogP contribution in [0.3, 0.4) is 0 Å². The van der Waals surface area contributed by atoms with Gasteiger partial charge in [0.2, 0.25) is 5.91 Å². The molecule has 0 spiro atoms. The molecule has 0 aliphatic carbocycles. The van der Waals surface area contributed by atoms with E-state index in [1.54, 1.807) is 7.11 Å². The molecule has 1 aliphatic heterocycles. The van der Waals surface area contributed by atoms with E-state index in [2.05, 4.69) is 5.32 Å². The Labute approximate surface area is 125 Å². The molecule has 0 aromatic heterocycles. The number of nitrogens with one attached hydrogen (secondary N) is 1. The van der Waals surface area contributed by atoms with Crippen LogP contribution >= 0.6 is 0 Å². The van der Waals surface area contributed by atoms with Gasteiger partial charge >= 0.3 is 0 Å². The summed E-state index contributed by atoms with van der Waals surface area (Å²) < 4.78 is 16.1. The molecule has 0 bridgehead atoms. The summed E-state index contributed by atoms with van der Waals surface area (Å²) in [4.78, 5) is 11.7. The molecule has 116 valence electrons. The molecule has 5 nitrogen and oxygen atoms in total. The molecule has 2 rings (SSSR count). The number of hydrogen-bond acceptors (Lipinski definition) is 4. The molecule has 1 aliphatic rings. The van der Waals surface area contributed by atoms with Gasteiger partial charge in [0.25, 0.3) is 0 Å². The summed E-state index contributed by atoms with van der Waals surface area (Å²) in [6.45, 7) is 2.35. The lowest BCUT2D eigenvalue weighted by Crippen LogP contribution is -2.24. The van der Waals surface area contributed by atoms with Crippen molar-refractivity contribution in [3.05, 3.63) is 29.8 Å². The largest absolute Gasteiger partial charge is 0.497 e. The fourth-order valence-electron chi connectivity index (χ4n) is 2.23. The first-order valence-electron chi connectivity index (χ1n) is 7.37. The number of hydrogen-bond donors (Lipinski definition) is 1. The minimum atomic E-state index is -0.00911. The number of carbonyl (C=O) groups is 1. The van der Waals surface area contributed by atoms with Crippen LogP contribution in [0.1, 0.15) is 24.8 Å². The smallest absolute Gasteiger partial charge is 0.222 e. The predicted molar refractivity (Wildman–Crippen MR) is 79.3 cm³/mol. The summed E-state index contributed by atoms with van der Waals surface area (Å²) in [5.41, 5.74) is 1.02. The second-order valence-corrected chi connectivity index (χ2v) is 5.09. The first-order chi connectivity index (χ1) is 10.3. The van der Waals surface area contributed by atoms with Gasteiger partial charge in [0.15, 0.2) is 0 Å². The first kappa shape index (κ1) is 15.8. The lowest BCUT2D eigenvalue weighted by molar-refractivity contribution is -0.122. The molecule has 1 fully saturated rings. The van der Waals surface area contributed by atoms with E-state index in [0.29, 0.717) is 26.2 Å². The van der Waals surface area contributed by atoms with Crippen molar-refractivity contribution in [3.8, 4) is 5.75 Å². The van der Waals surface area contributed by atoms with E-state index in [9.17, 15) is 4.79 Å². The standard InChI is InChI=1S/C16H23NO4/c1-19-14-5-2-4-13(10-14)11-17-16(18)7-9-20-12-15-6-3-8-21-15/h2,4-5,10,15H,3,6-9,11-12H2,1H3,(H,17,18). The first-order valence-corrected chi connectivity index (χ1v) is 7.37. The maximum Gasteiger partial charge on any atom is 0.222 e. The Balaban J connectivity index is 1.58. The molecule has 1 aromatic rings. The second-order valence-electron chi connectivity index (χ2n) is 5.09. The highest BCUT2D eigenvalue weighted by Crippen LogP contribution is 2.13. The molecule has 0 saturated carbocycles. The van der Waals surface area contributed by atoms with Crippen LogP contribution in [-0.4, -0.2) is 38.9 Å². The molecule has 1 aromatic carbocycles. The molecule has 0 radical (unpaired) electrons. The van der Waals surface area contributed by atoms with Crippen LogP contribution in [0.4, 0.5) is 0 Å². The highest BCUT2D eigenvalue weighted by molar-refractivity contribution is 5.75. The average Bonchev–Trinajstić information content (AvgIpc) is 3.03. The van der Waals surface area contributed by atoms with Crippen LogP contribution in [0.2, 0.25) is 0 Å². The Morgan fingerprint density at radius 1 is 1.48 bits per heavy atom. The van der Waals surface area contributed by atoms with Crippen molar-refractivity contribution in [3.63, 3.8) is 0 Å². The maximum absolute atomic E-state index is 11.7. The van der Waals surface area contributed by atoms with Crippen LogP contribution in [0.15, 0.2) is 24.3 Å². The van der Waals surface area contributed by atoms with E-state index in [1.165, 1.54) is 0 Å². The minimum absolute atomic E-state index is 0.00911. The normalized spacial score (nSPS) is 17.7. The van der Waals surface area contributed by atoms with Gasteiger partial charge in [0.1, 0.15) is 5.75 Å². The van der Waals surface area contributed by atoms with Gasteiger partial charge < -0.3 is 19.5 Å². The van der Waals surface area contributed by atoms with Gasteiger partial charge in [-0.2, -0.15) is 0 Å². The lowest BCUT2D eigenvalue weighted by atomic mass is 10.2. The summed E-state index contributed by atoms with van der Waals surface area (Å²) in [6.07, 6.45) is 2.75. The van der Waals surface area contributed by atoms with E-state index in [4.69, 9.17) is 14.2 Å². The fourth-order valence-corrected chi connectivity index (χ4v) is 2.23. The topological polar surface area (TPSA) is 56.8 Å². The zero-order valence-electron chi connectivity index (χ0n) is 12.5. The van der Waals surface area contributed by atoms with Gasteiger partial charge in [0, 0.05) is 19.6 Å². The second kappa shape index (κ2) is 8.64. The Kier molecular flexibility index (Phi) is 6.50. The van der Waals surface area contributed by atoms with E-state index in [0.717, 1.165) is 30.8 Å².